The predicted molar refractivity (Wildman–Crippen MR) is 48.1 cm³/mol. The molecule has 0 aromatic carbocycles. The van der Waals surface area contributed by atoms with Gasteiger partial charge in [0.25, 0.3) is 5.79 Å². The van der Waals surface area contributed by atoms with Gasteiger partial charge in [0.15, 0.2) is 0 Å². The smallest absolute Gasteiger partial charge is 0.364 e. The minimum atomic E-state index is -1.92. The molecule has 0 spiro atoms. The maximum atomic E-state index is 10.9. The van der Waals surface area contributed by atoms with E-state index in [0.29, 0.717) is 6.29 Å². The number of carboxylic acid groups (broad SMARTS) is 1. The van der Waals surface area contributed by atoms with E-state index in [0.717, 1.165) is 0 Å². The number of aldehydes is 1. The van der Waals surface area contributed by atoms with Crippen molar-refractivity contribution in [3.05, 3.63) is 0 Å². The molecule has 15 heavy (non-hydrogen) atoms. The summed E-state index contributed by atoms with van der Waals surface area (Å²) < 4.78 is 9.82. The molecule has 0 amide bonds. The lowest BCUT2D eigenvalue weighted by Crippen LogP contribution is -2.56. The van der Waals surface area contributed by atoms with Crippen molar-refractivity contribution in [1.29, 1.82) is 0 Å². The van der Waals surface area contributed by atoms with E-state index < -0.39 is 29.9 Å². The van der Waals surface area contributed by atoms with Gasteiger partial charge < -0.3 is 24.5 Å². The number of aliphatic hydroxyl groups excluding tert-OH is 1. The van der Waals surface area contributed by atoms with Gasteiger partial charge in [-0.3, -0.25) is 0 Å². The summed E-state index contributed by atoms with van der Waals surface area (Å²) in [4.78, 5) is 21.6. The zero-order chi connectivity index (χ0) is 11.6. The molecule has 6 nitrogen and oxygen atoms in total. The van der Waals surface area contributed by atoms with Gasteiger partial charge >= 0.3 is 5.97 Å². The van der Waals surface area contributed by atoms with Gasteiger partial charge in [-0.25, -0.2) is 4.79 Å². The van der Waals surface area contributed by atoms with Crippen molar-refractivity contribution in [2.24, 2.45) is 5.92 Å². The summed E-state index contributed by atoms with van der Waals surface area (Å²) in [7, 11) is 1.17. The molecule has 1 saturated heterocycles. The van der Waals surface area contributed by atoms with Crippen molar-refractivity contribution < 1.29 is 29.3 Å². The quantitative estimate of drug-likeness (QED) is 0.614. The molecule has 0 aliphatic carbocycles. The number of methoxy groups -OCH3 is 1. The average Bonchev–Trinajstić information content (AvgIpc) is 2.21. The summed E-state index contributed by atoms with van der Waals surface area (Å²) in [5.41, 5.74) is 0. The van der Waals surface area contributed by atoms with Crippen LogP contribution in [0.15, 0.2) is 0 Å². The number of ether oxygens (including phenoxy) is 2. The molecule has 4 atom stereocenters. The molecular formula is C9H14O6. The van der Waals surface area contributed by atoms with Gasteiger partial charge in [0.05, 0.1) is 6.10 Å². The number of aliphatic hydroxyl groups is 1. The van der Waals surface area contributed by atoms with Gasteiger partial charge in [-0.15, -0.1) is 0 Å². The fraction of sp³-hybridized carbons (Fsp3) is 0.778. The van der Waals surface area contributed by atoms with Gasteiger partial charge in [-0.05, 0) is 0 Å². The van der Waals surface area contributed by atoms with Crippen molar-refractivity contribution in [2.75, 3.05) is 7.11 Å². The summed E-state index contributed by atoms with van der Waals surface area (Å²) in [6.07, 6.45) is -1.62. The Labute approximate surface area is 86.8 Å². The van der Waals surface area contributed by atoms with E-state index in [1.807, 2.05) is 0 Å². The number of hydrogen-bond donors (Lipinski definition) is 2. The maximum absolute atomic E-state index is 10.9. The number of carbonyl (C=O) groups excluding carboxylic acids is 1. The fourth-order valence-electron chi connectivity index (χ4n) is 1.56. The molecule has 4 unspecified atom stereocenters. The summed E-state index contributed by atoms with van der Waals surface area (Å²) >= 11 is 0. The number of hydrogen-bond acceptors (Lipinski definition) is 5. The molecular weight excluding hydrogens is 204 g/mol. The SMILES string of the molecule is COC1(C(=O)O)CC(O)C(C)C(C=O)O1. The average molecular weight is 218 g/mol. The molecule has 1 aliphatic rings. The molecule has 1 heterocycles. The van der Waals surface area contributed by atoms with Crippen LogP contribution in [-0.4, -0.2) is 47.6 Å². The largest absolute Gasteiger partial charge is 0.477 e. The molecule has 1 aliphatic heterocycles. The van der Waals surface area contributed by atoms with E-state index >= 15 is 0 Å². The molecule has 0 bridgehead atoms. The summed E-state index contributed by atoms with van der Waals surface area (Å²) in [6, 6.07) is 0. The molecule has 1 fully saturated rings. The zero-order valence-electron chi connectivity index (χ0n) is 8.54. The third kappa shape index (κ3) is 2.01. The number of carbonyl (C=O) groups is 2. The second-order valence-electron chi connectivity index (χ2n) is 3.61. The van der Waals surface area contributed by atoms with E-state index in [2.05, 4.69) is 0 Å². The highest BCUT2D eigenvalue weighted by molar-refractivity contribution is 5.76. The van der Waals surface area contributed by atoms with Crippen molar-refractivity contribution in [1.82, 2.24) is 0 Å². The van der Waals surface area contributed by atoms with Crippen LogP contribution < -0.4 is 0 Å². The third-order valence-corrected chi connectivity index (χ3v) is 2.72. The predicted octanol–water partition coefficient (Wildman–Crippen LogP) is -0.602. The zero-order valence-corrected chi connectivity index (χ0v) is 8.54. The first-order valence-corrected chi connectivity index (χ1v) is 4.56. The highest BCUT2D eigenvalue weighted by Gasteiger charge is 2.51. The topological polar surface area (TPSA) is 93.1 Å². The van der Waals surface area contributed by atoms with E-state index in [1.54, 1.807) is 6.92 Å². The first kappa shape index (κ1) is 12.1. The van der Waals surface area contributed by atoms with E-state index in [4.69, 9.17) is 14.6 Å². The number of aliphatic carboxylic acids is 1. The van der Waals surface area contributed by atoms with Crippen LogP contribution in [0, 0.1) is 5.92 Å². The van der Waals surface area contributed by atoms with Crippen LogP contribution >= 0.6 is 0 Å². The van der Waals surface area contributed by atoms with Crippen LogP contribution in [0.25, 0.3) is 0 Å². The first-order valence-electron chi connectivity index (χ1n) is 4.56. The lowest BCUT2D eigenvalue weighted by molar-refractivity contribution is -0.285. The van der Waals surface area contributed by atoms with E-state index in [-0.39, 0.29) is 6.42 Å². The molecule has 1 rings (SSSR count). The monoisotopic (exact) mass is 218 g/mol. The number of carboxylic acids is 1. The summed E-state index contributed by atoms with van der Waals surface area (Å²) in [6.45, 7) is 1.62. The van der Waals surface area contributed by atoms with E-state index in [1.165, 1.54) is 7.11 Å². The highest BCUT2D eigenvalue weighted by atomic mass is 16.7. The van der Waals surface area contributed by atoms with Crippen molar-refractivity contribution in [3.8, 4) is 0 Å². The van der Waals surface area contributed by atoms with Crippen LogP contribution in [-0.2, 0) is 19.1 Å². The Morgan fingerprint density at radius 2 is 2.27 bits per heavy atom. The van der Waals surface area contributed by atoms with Crippen LogP contribution in [0.1, 0.15) is 13.3 Å². The van der Waals surface area contributed by atoms with Crippen LogP contribution in [0.5, 0.6) is 0 Å². The van der Waals surface area contributed by atoms with Gasteiger partial charge in [-0.2, -0.15) is 0 Å². The molecule has 6 heteroatoms. The molecule has 2 N–H and O–H groups in total. The Hall–Kier alpha value is -0.980. The summed E-state index contributed by atoms with van der Waals surface area (Å²) in [5, 5.41) is 18.5. The minimum absolute atomic E-state index is 0.190. The Morgan fingerprint density at radius 3 is 2.67 bits per heavy atom. The number of rotatable bonds is 3. The molecule has 0 saturated carbocycles. The van der Waals surface area contributed by atoms with E-state index in [9.17, 15) is 14.7 Å². The van der Waals surface area contributed by atoms with Crippen LogP contribution in [0.3, 0.4) is 0 Å². The van der Waals surface area contributed by atoms with Crippen LogP contribution in [0.4, 0.5) is 0 Å². The van der Waals surface area contributed by atoms with Crippen molar-refractivity contribution in [3.63, 3.8) is 0 Å². The molecule has 86 valence electrons. The standard InChI is InChI=1S/C9H14O6/c1-5-6(11)3-9(14-2,8(12)13)15-7(5)4-10/h4-7,11H,3H2,1-2H3,(H,12,13). The van der Waals surface area contributed by atoms with Gasteiger partial charge in [0, 0.05) is 19.4 Å². The lowest BCUT2D eigenvalue weighted by Gasteiger charge is -2.40. The first-order chi connectivity index (χ1) is 6.96. The Balaban J connectivity index is 2.94. The molecule has 0 aromatic rings. The fourth-order valence-corrected chi connectivity index (χ4v) is 1.56. The Kier molecular flexibility index (Phi) is 3.43. The Bertz CT molecular complexity index is 265. The van der Waals surface area contributed by atoms with Gasteiger partial charge in [0.1, 0.15) is 12.4 Å². The van der Waals surface area contributed by atoms with Crippen molar-refractivity contribution in [2.45, 2.75) is 31.3 Å². The maximum Gasteiger partial charge on any atom is 0.364 e. The second-order valence-corrected chi connectivity index (χ2v) is 3.61. The third-order valence-electron chi connectivity index (χ3n) is 2.72. The molecule has 0 radical (unpaired) electrons. The van der Waals surface area contributed by atoms with Gasteiger partial charge in [-0.1, -0.05) is 6.92 Å². The lowest BCUT2D eigenvalue weighted by atomic mass is 9.89. The van der Waals surface area contributed by atoms with Gasteiger partial charge in [0.2, 0.25) is 0 Å². The minimum Gasteiger partial charge on any atom is -0.477 e. The highest BCUT2D eigenvalue weighted by Crippen LogP contribution is 2.32. The normalized spacial score (nSPS) is 41.1. The second kappa shape index (κ2) is 4.26. The Morgan fingerprint density at radius 1 is 1.67 bits per heavy atom. The summed E-state index contributed by atoms with van der Waals surface area (Å²) in [5.74, 6) is -3.70. The molecule has 0 aromatic heterocycles. The van der Waals surface area contributed by atoms with Crippen LogP contribution in [0.2, 0.25) is 0 Å². The van der Waals surface area contributed by atoms with Crippen molar-refractivity contribution >= 4 is 12.3 Å².